The molecule has 1 aromatic rings. The minimum atomic E-state index is -3.26. The van der Waals surface area contributed by atoms with Crippen LogP contribution < -0.4 is 10.0 Å². The maximum absolute atomic E-state index is 12.0. The van der Waals surface area contributed by atoms with Crippen molar-refractivity contribution in [2.24, 2.45) is 0 Å². The molecule has 5 nitrogen and oxygen atoms in total. The number of hydrogen-bond acceptors (Lipinski definition) is 3. The highest BCUT2D eigenvalue weighted by atomic mass is 32.2. The topological polar surface area (TPSA) is 75.3 Å². The Balaban J connectivity index is 2.15. The summed E-state index contributed by atoms with van der Waals surface area (Å²) >= 11 is 0. The van der Waals surface area contributed by atoms with Gasteiger partial charge in [0.05, 0.1) is 4.75 Å². The van der Waals surface area contributed by atoms with Gasteiger partial charge in [0.2, 0.25) is 15.9 Å². The lowest BCUT2D eigenvalue weighted by Gasteiger charge is -2.19. The molecule has 0 aliphatic carbocycles. The van der Waals surface area contributed by atoms with Gasteiger partial charge in [0.15, 0.2) is 0 Å². The Hall–Kier alpha value is -1.40. The van der Waals surface area contributed by atoms with Crippen LogP contribution in [-0.4, -0.2) is 25.6 Å². The molecule has 27 heavy (non-hydrogen) atoms. The van der Waals surface area contributed by atoms with Crippen LogP contribution >= 0.6 is 0 Å². The van der Waals surface area contributed by atoms with E-state index in [-0.39, 0.29) is 5.91 Å². The SMILES string of the molecule is CCCCc1ccc(NC(=O)CCCCCCNS(=O)(=O)C(C)(C)C)cc1. The van der Waals surface area contributed by atoms with Gasteiger partial charge in [-0.2, -0.15) is 0 Å². The number of sulfonamides is 1. The van der Waals surface area contributed by atoms with Crippen molar-refractivity contribution >= 4 is 21.6 Å². The standard InChI is InChI=1S/C21H36N2O3S/c1-5-6-11-18-13-15-19(16-14-18)23-20(24)12-9-7-8-10-17-22-27(25,26)21(2,3)4/h13-16,22H,5-12,17H2,1-4H3,(H,23,24). The van der Waals surface area contributed by atoms with Gasteiger partial charge in [0.25, 0.3) is 0 Å². The van der Waals surface area contributed by atoms with Gasteiger partial charge in [-0.3, -0.25) is 4.79 Å². The highest BCUT2D eigenvalue weighted by molar-refractivity contribution is 7.90. The lowest BCUT2D eigenvalue weighted by atomic mass is 10.1. The van der Waals surface area contributed by atoms with Crippen molar-refractivity contribution in [1.82, 2.24) is 4.72 Å². The second kappa shape index (κ2) is 11.4. The Morgan fingerprint density at radius 2 is 1.59 bits per heavy atom. The van der Waals surface area contributed by atoms with E-state index in [1.54, 1.807) is 20.8 Å². The maximum atomic E-state index is 12.0. The fourth-order valence-corrected chi connectivity index (χ4v) is 3.39. The number of aryl methyl sites for hydroxylation is 1. The third-order valence-electron chi connectivity index (χ3n) is 4.49. The highest BCUT2D eigenvalue weighted by Crippen LogP contribution is 2.14. The predicted molar refractivity (Wildman–Crippen MR) is 113 cm³/mol. The average molecular weight is 397 g/mol. The van der Waals surface area contributed by atoms with Crippen LogP contribution in [0.1, 0.15) is 78.2 Å². The van der Waals surface area contributed by atoms with Crippen molar-refractivity contribution in [2.75, 3.05) is 11.9 Å². The summed E-state index contributed by atoms with van der Waals surface area (Å²) < 4.78 is 25.7. The lowest BCUT2D eigenvalue weighted by Crippen LogP contribution is -2.39. The highest BCUT2D eigenvalue weighted by Gasteiger charge is 2.27. The summed E-state index contributed by atoms with van der Waals surface area (Å²) in [4.78, 5) is 12.0. The van der Waals surface area contributed by atoms with Crippen LogP contribution in [0, 0.1) is 0 Å². The Bertz CT molecular complexity index is 662. The number of carbonyl (C=O) groups excluding carboxylic acids is 1. The average Bonchev–Trinajstić information content (AvgIpc) is 2.59. The molecule has 0 unspecified atom stereocenters. The Kier molecular flexibility index (Phi) is 10.0. The zero-order chi connectivity index (χ0) is 20.3. The number of unbranched alkanes of at least 4 members (excludes halogenated alkanes) is 4. The first-order valence-electron chi connectivity index (χ1n) is 10.0. The number of nitrogens with one attached hydrogen (secondary N) is 2. The Labute approximate surface area is 165 Å². The monoisotopic (exact) mass is 396 g/mol. The molecule has 2 N–H and O–H groups in total. The molecular formula is C21H36N2O3S. The first kappa shape index (κ1) is 23.6. The predicted octanol–water partition coefficient (Wildman–Crippen LogP) is 4.64. The van der Waals surface area contributed by atoms with E-state index in [1.807, 2.05) is 12.1 Å². The summed E-state index contributed by atoms with van der Waals surface area (Å²) in [5.41, 5.74) is 2.15. The largest absolute Gasteiger partial charge is 0.326 e. The second-order valence-electron chi connectivity index (χ2n) is 8.02. The number of amides is 1. The summed E-state index contributed by atoms with van der Waals surface area (Å²) in [5, 5.41) is 2.93. The fourth-order valence-electron chi connectivity index (χ4n) is 2.55. The normalized spacial score (nSPS) is 12.1. The van der Waals surface area contributed by atoms with E-state index in [0.717, 1.165) is 37.8 Å². The molecule has 154 valence electrons. The van der Waals surface area contributed by atoms with Crippen molar-refractivity contribution < 1.29 is 13.2 Å². The van der Waals surface area contributed by atoms with Gasteiger partial charge in [0, 0.05) is 18.7 Å². The molecule has 1 rings (SSSR count). The molecule has 0 spiro atoms. The van der Waals surface area contributed by atoms with Crippen LogP contribution in [-0.2, 0) is 21.2 Å². The second-order valence-corrected chi connectivity index (χ2v) is 10.5. The number of hydrogen-bond donors (Lipinski definition) is 2. The van der Waals surface area contributed by atoms with Crippen LogP contribution in [0.4, 0.5) is 5.69 Å². The van der Waals surface area contributed by atoms with E-state index in [0.29, 0.717) is 13.0 Å². The van der Waals surface area contributed by atoms with E-state index in [1.165, 1.54) is 18.4 Å². The van der Waals surface area contributed by atoms with Crippen molar-refractivity contribution in [3.63, 3.8) is 0 Å². The molecular weight excluding hydrogens is 360 g/mol. The number of rotatable bonds is 12. The van der Waals surface area contributed by atoms with Crippen LogP contribution in [0.2, 0.25) is 0 Å². The van der Waals surface area contributed by atoms with Gasteiger partial charge in [-0.1, -0.05) is 38.3 Å². The van der Waals surface area contributed by atoms with E-state index >= 15 is 0 Å². The number of benzene rings is 1. The molecule has 0 aromatic heterocycles. The van der Waals surface area contributed by atoms with Crippen molar-refractivity contribution in [2.45, 2.75) is 83.8 Å². The van der Waals surface area contributed by atoms with Crippen molar-refractivity contribution in [3.05, 3.63) is 29.8 Å². The molecule has 0 saturated carbocycles. The molecule has 0 radical (unpaired) electrons. The van der Waals surface area contributed by atoms with E-state index < -0.39 is 14.8 Å². The smallest absolute Gasteiger partial charge is 0.224 e. The first-order valence-corrected chi connectivity index (χ1v) is 11.5. The molecule has 0 saturated heterocycles. The van der Waals surface area contributed by atoms with Gasteiger partial charge < -0.3 is 5.32 Å². The summed E-state index contributed by atoms with van der Waals surface area (Å²) in [5.74, 6) is 0.0322. The van der Waals surface area contributed by atoms with Gasteiger partial charge in [-0.15, -0.1) is 0 Å². The van der Waals surface area contributed by atoms with E-state index in [4.69, 9.17) is 0 Å². The quantitative estimate of drug-likeness (QED) is 0.506. The van der Waals surface area contributed by atoms with Gasteiger partial charge in [-0.25, -0.2) is 13.1 Å². The number of anilines is 1. The minimum absolute atomic E-state index is 0.0322. The Morgan fingerprint density at radius 3 is 2.19 bits per heavy atom. The van der Waals surface area contributed by atoms with Crippen LogP contribution in [0.15, 0.2) is 24.3 Å². The molecule has 0 bridgehead atoms. The first-order chi connectivity index (χ1) is 12.7. The molecule has 0 aliphatic heterocycles. The summed E-state index contributed by atoms with van der Waals surface area (Å²) in [6.07, 6.45) is 7.36. The van der Waals surface area contributed by atoms with Crippen LogP contribution in [0.5, 0.6) is 0 Å². The van der Waals surface area contributed by atoms with E-state index in [9.17, 15) is 13.2 Å². The number of carbonyl (C=O) groups is 1. The molecule has 1 aromatic carbocycles. The molecule has 6 heteroatoms. The fraction of sp³-hybridized carbons (Fsp3) is 0.667. The lowest BCUT2D eigenvalue weighted by molar-refractivity contribution is -0.116. The molecule has 0 heterocycles. The van der Waals surface area contributed by atoms with Gasteiger partial charge in [0.1, 0.15) is 0 Å². The zero-order valence-corrected chi connectivity index (χ0v) is 18.1. The molecule has 1 amide bonds. The van der Waals surface area contributed by atoms with Crippen molar-refractivity contribution in [1.29, 1.82) is 0 Å². The molecule has 0 atom stereocenters. The third-order valence-corrected chi connectivity index (χ3v) is 6.68. The maximum Gasteiger partial charge on any atom is 0.224 e. The van der Waals surface area contributed by atoms with Gasteiger partial charge in [-0.05, 0) is 64.2 Å². The van der Waals surface area contributed by atoms with Crippen LogP contribution in [0.3, 0.4) is 0 Å². The van der Waals surface area contributed by atoms with Crippen molar-refractivity contribution in [3.8, 4) is 0 Å². The zero-order valence-electron chi connectivity index (χ0n) is 17.3. The minimum Gasteiger partial charge on any atom is -0.326 e. The van der Waals surface area contributed by atoms with Gasteiger partial charge >= 0.3 is 0 Å². The van der Waals surface area contributed by atoms with E-state index in [2.05, 4.69) is 29.1 Å². The summed E-state index contributed by atoms with van der Waals surface area (Å²) in [6, 6.07) is 8.07. The summed E-state index contributed by atoms with van der Waals surface area (Å²) in [6.45, 7) is 7.70. The van der Waals surface area contributed by atoms with Crippen LogP contribution in [0.25, 0.3) is 0 Å². The molecule has 0 aliphatic rings. The summed E-state index contributed by atoms with van der Waals surface area (Å²) in [7, 11) is -3.26. The molecule has 0 fully saturated rings. The third kappa shape index (κ3) is 9.38. The Morgan fingerprint density at radius 1 is 0.963 bits per heavy atom.